The van der Waals surface area contributed by atoms with Crippen LogP contribution in [0.3, 0.4) is 0 Å². The fourth-order valence-electron chi connectivity index (χ4n) is 7.64. The van der Waals surface area contributed by atoms with Gasteiger partial charge in [-0.15, -0.1) is 0 Å². The molecule has 9 rings (SSSR count). The summed E-state index contributed by atoms with van der Waals surface area (Å²) in [6, 6.07) is 24.0. The minimum absolute atomic E-state index is 0.0390. The number of piperazine rings is 1. The van der Waals surface area contributed by atoms with Crippen LogP contribution in [0.4, 0.5) is 10.5 Å². The number of ether oxygens (including phenoxy) is 1. The summed E-state index contributed by atoms with van der Waals surface area (Å²) < 4.78 is 10.8. The Kier molecular flexibility index (Phi) is 5.35. The molecule has 7 aromatic rings. The number of aromatic amines is 1. The third-order valence-corrected chi connectivity index (χ3v) is 9.62. The molecule has 5 heterocycles. The number of aromatic hydroxyl groups is 2. The van der Waals surface area contributed by atoms with Gasteiger partial charge in [-0.2, -0.15) is 0 Å². The third-order valence-electron chi connectivity index (χ3n) is 9.62. The van der Waals surface area contributed by atoms with Gasteiger partial charge in [-0.25, -0.2) is 4.79 Å². The predicted molar refractivity (Wildman–Crippen MR) is 173 cm³/mol. The van der Waals surface area contributed by atoms with E-state index >= 15 is 0 Å². The van der Waals surface area contributed by atoms with Gasteiger partial charge in [0.25, 0.3) is 0 Å². The lowest BCUT2D eigenvalue weighted by Crippen LogP contribution is -2.49. The molecule has 9 heteroatoms. The van der Waals surface area contributed by atoms with Gasteiger partial charge in [-0.05, 0) is 36.4 Å². The molecule has 1 atom stereocenters. The minimum Gasteiger partial charge on any atom is -0.508 e. The van der Waals surface area contributed by atoms with Crippen LogP contribution in [-0.4, -0.2) is 68.1 Å². The highest BCUT2D eigenvalue weighted by Gasteiger charge is 2.30. The number of carbonyl (C=O) groups excluding carboxylic acids is 1. The number of H-pyrrole nitrogens is 1. The van der Waals surface area contributed by atoms with Crippen molar-refractivity contribution < 1.29 is 19.7 Å². The maximum absolute atomic E-state index is 13.3. The molecule has 44 heavy (non-hydrogen) atoms. The predicted octanol–water partition coefficient (Wildman–Crippen LogP) is 6.38. The van der Waals surface area contributed by atoms with E-state index in [4.69, 9.17) is 4.74 Å². The number of fused-ring (bicyclic) bond motifs is 9. The number of phenols is 1. The third kappa shape index (κ3) is 3.55. The average molecular weight is 586 g/mol. The first-order chi connectivity index (χ1) is 21.6. The lowest BCUT2D eigenvalue weighted by Gasteiger charge is -2.35. The van der Waals surface area contributed by atoms with Crippen LogP contribution in [0, 0.1) is 5.92 Å². The summed E-state index contributed by atoms with van der Waals surface area (Å²) in [6.45, 7) is 4.28. The molecule has 1 amide bonds. The molecular formula is C35H31N5O4. The normalized spacial score (nSPS) is 17.0. The zero-order valence-corrected chi connectivity index (χ0v) is 24.0. The number of amides is 1. The highest BCUT2D eigenvalue weighted by atomic mass is 16.6. The molecule has 2 aliphatic heterocycles. The van der Waals surface area contributed by atoms with Gasteiger partial charge in [-0.1, -0.05) is 36.4 Å². The summed E-state index contributed by atoms with van der Waals surface area (Å²) in [4.78, 5) is 20.4. The second-order valence-corrected chi connectivity index (χ2v) is 12.1. The van der Waals surface area contributed by atoms with Crippen LogP contribution in [0.5, 0.6) is 11.6 Å². The van der Waals surface area contributed by atoms with Crippen molar-refractivity contribution in [3.63, 3.8) is 0 Å². The summed E-state index contributed by atoms with van der Waals surface area (Å²) >= 11 is 0. The van der Waals surface area contributed by atoms with Crippen molar-refractivity contribution in [3.8, 4) is 11.6 Å². The summed E-state index contributed by atoms with van der Waals surface area (Å²) in [5.41, 5.74) is 5.55. The lowest BCUT2D eigenvalue weighted by atomic mass is 10.0. The number of hydrogen-bond donors (Lipinski definition) is 3. The molecule has 2 aliphatic rings. The van der Waals surface area contributed by atoms with Gasteiger partial charge in [0, 0.05) is 95.0 Å². The Morgan fingerprint density at radius 3 is 2.05 bits per heavy atom. The van der Waals surface area contributed by atoms with E-state index in [1.807, 2.05) is 24.4 Å². The monoisotopic (exact) mass is 585 g/mol. The van der Waals surface area contributed by atoms with Crippen molar-refractivity contribution in [2.45, 2.75) is 13.1 Å². The van der Waals surface area contributed by atoms with Crippen LogP contribution < -0.4 is 4.90 Å². The van der Waals surface area contributed by atoms with Gasteiger partial charge >= 0.3 is 6.09 Å². The molecule has 1 fully saturated rings. The molecule has 3 aromatic heterocycles. The van der Waals surface area contributed by atoms with Crippen molar-refractivity contribution in [1.29, 1.82) is 0 Å². The molecule has 1 unspecified atom stereocenters. The number of para-hydroxylation sites is 2. The Bertz CT molecular complexity index is 2250. The van der Waals surface area contributed by atoms with E-state index in [1.54, 1.807) is 17.0 Å². The van der Waals surface area contributed by atoms with Gasteiger partial charge in [0.2, 0.25) is 0 Å². The Morgan fingerprint density at radius 1 is 0.750 bits per heavy atom. The van der Waals surface area contributed by atoms with Crippen molar-refractivity contribution in [2.24, 2.45) is 5.92 Å². The fraction of sp³-hybridized carbons (Fsp3) is 0.229. The Morgan fingerprint density at radius 2 is 1.36 bits per heavy atom. The zero-order chi connectivity index (χ0) is 29.5. The number of carbonyl (C=O) groups is 1. The van der Waals surface area contributed by atoms with E-state index in [9.17, 15) is 15.0 Å². The van der Waals surface area contributed by atoms with Crippen LogP contribution in [0.15, 0.2) is 79.0 Å². The van der Waals surface area contributed by atoms with E-state index in [0.717, 1.165) is 60.1 Å². The first kappa shape index (κ1) is 25.2. The fourth-order valence-corrected chi connectivity index (χ4v) is 7.64. The van der Waals surface area contributed by atoms with E-state index in [-0.39, 0.29) is 23.6 Å². The van der Waals surface area contributed by atoms with Crippen LogP contribution in [0.1, 0.15) is 0 Å². The summed E-state index contributed by atoms with van der Waals surface area (Å²) in [6.07, 6.45) is 1.65. The molecular weight excluding hydrogens is 554 g/mol. The van der Waals surface area contributed by atoms with E-state index in [1.165, 1.54) is 0 Å². The maximum Gasteiger partial charge on any atom is 0.409 e. The highest BCUT2D eigenvalue weighted by Crippen LogP contribution is 2.48. The van der Waals surface area contributed by atoms with Gasteiger partial charge in [0.15, 0.2) is 5.88 Å². The molecule has 0 aliphatic carbocycles. The quantitative estimate of drug-likeness (QED) is 0.223. The number of nitrogens with zero attached hydrogens (tertiary/aromatic N) is 4. The largest absolute Gasteiger partial charge is 0.508 e. The number of nitrogens with one attached hydrogen (secondary N) is 1. The molecule has 1 saturated heterocycles. The molecule has 0 radical (unpaired) electrons. The summed E-state index contributed by atoms with van der Waals surface area (Å²) in [5, 5.41) is 27.0. The lowest BCUT2D eigenvalue weighted by molar-refractivity contribution is 0.0805. The second-order valence-electron chi connectivity index (χ2n) is 12.1. The number of aromatic nitrogens is 3. The Balaban J connectivity index is 1.07. The molecule has 220 valence electrons. The number of hydrogen-bond acceptors (Lipinski definition) is 5. The van der Waals surface area contributed by atoms with Crippen molar-refractivity contribution in [3.05, 3.63) is 79.0 Å². The number of phenolic OH excluding ortho intramolecular Hbond substituents is 1. The maximum atomic E-state index is 13.3. The highest BCUT2D eigenvalue weighted by molar-refractivity contribution is 6.36. The Hall–Kier alpha value is -5.31. The number of anilines is 1. The van der Waals surface area contributed by atoms with E-state index < -0.39 is 0 Å². The number of rotatable bonds is 3. The van der Waals surface area contributed by atoms with Gasteiger partial charge < -0.3 is 38.9 Å². The molecule has 0 bridgehead atoms. The van der Waals surface area contributed by atoms with E-state index in [0.29, 0.717) is 45.9 Å². The zero-order valence-electron chi connectivity index (χ0n) is 24.0. The Labute approximate surface area is 252 Å². The summed E-state index contributed by atoms with van der Waals surface area (Å²) in [7, 11) is 0. The molecule has 0 saturated carbocycles. The molecule has 4 aromatic carbocycles. The molecule has 3 N–H and O–H groups in total. The van der Waals surface area contributed by atoms with Crippen molar-refractivity contribution in [1.82, 2.24) is 19.0 Å². The van der Waals surface area contributed by atoms with Crippen LogP contribution >= 0.6 is 0 Å². The summed E-state index contributed by atoms with van der Waals surface area (Å²) in [5.74, 6) is 0.467. The smallest absolute Gasteiger partial charge is 0.409 e. The first-order valence-corrected chi connectivity index (χ1v) is 15.2. The van der Waals surface area contributed by atoms with Gasteiger partial charge in [0.05, 0.1) is 23.0 Å². The van der Waals surface area contributed by atoms with Crippen LogP contribution in [0.2, 0.25) is 0 Å². The van der Waals surface area contributed by atoms with E-state index in [2.05, 4.69) is 61.5 Å². The number of benzene rings is 4. The van der Waals surface area contributed by atoms with Crippen LogP contribution in [0.25, 0.3) is 54.4 Å². The SMILES string of the molecule is O=C(OCC1Cn2c3ccccc3c3c4c[nH]c(O)c4c4c5ccccc5n(c4c32)C1)N1CCN(c2ccc(O)cc2)CC1. The average Bonchev–Trinajstić information content (AvgIpc) is 3.66. The topological polar surface area (TPSA) is 98.9 Å². The molecule has 0 spiro atoms. The molecule has 9 nitrogen and oxygen atoms in total. The first-order valence-electron chi connectivity index (χ1n) is 15.2. The van der Waals surface area contributed by atoms with Crippen molar-refractivity contribution >= 4 is 66.2 Å². The van der Waals surface area contributed by atoms with Crippen LogP contribution in [-0.2, 0) is 17.8 Å². The van der Waals surface area contributed by atoms with Crippen molar-refractivity contribution in [2.75, 3.05) is 37.7 Å². The van der Waals surface area contributed by atoms with Gasteiger partial charge in [-0.3, -0.25) is 0 Å². The van der Waals surface area contributed by atoms with Gasteiger partial charge in [0.1, 0.15) is 5.75 Å². The second kappa shape index (κ2) is 9.34. The minimum atomic E-state index is -0.277. The standard InChI is InChI=1S/C35H31N5O4/c41-23-11-9-22(10-12-23)37-13-15-38(16-14-37)35(43)44-20-21-18-39-27-7-3-1-5-24(27)29-26-17-36-34(42)31(26)30-25-6-2-4-8-28(25)40(19-21)33(30)32(29)39/h1-12,17,21,36,41-42H,13-16,18-20H2.